The SMILES string of the molecule is Cc1cc(C(=O)NC2CC3CCC(C2)N3)c(C)n1-c1nccs1. The Kier molecular flexibility index (Phi) is 3.73. The molecular weight excluding hydrogens is 308 g/mol. The van der Waals surface area contributed by atoms with Crippen molar-refractivity contribution < 1.29 is 4.79 Å². The molecule has 0 aromatic carbocycles. The fourth-order valence-corrected chi connectivity index (χ4v) is 4.80. The van der Waals surface area contributed by atoms with Crippen LogP contribution in [0.2, 0.25) is 0 Å². The molecule has 0 aliphatic carbocycles. The fraction of sp³-hybridized carbons (Fsp3) is 0.529. The van der Waals surface area contributed by atoms with E-state index < -0.39 is 0 Å². The van der Waals surface area contributed by atoms with Crippen molar-refractivity contribution in [2.75, 3.05) is 0 Å². The van der Waals surface area contributed by atoms with Crippen LogP contribution in [0, 0.1) is 13.8 Å². The Morgan fingerprint density at radius 2 is 2.09 bits per heavy atom. The molecule has 5 nitrogen and oxygen atoms in total. The highest BCUT2D eigenvalue weighted by molar-refractivity contribution is 7.12. The first-order chi connectivity index (χ1) is 11.1. The lowest BCUT2D eigenvalue weighted by atomic mass is 9.99. The van der Waals surface area contributed by atoms with E-state index in [2.05, 4.69) is 20.2 Å². The maximum absolute atomic E-state index is 12.7. The summed E-state index contributed by atoms with van der Waals surface area (Å²) in [5.41, 5.74) is 2.78. The molecule has 2 saturated heterocycles. The summed E-state index contributed by atoms with van der Waals surface area (Å²) < 4.78 is 2.06. The molecule has 0 radical (unpaired) electrons. The van der Waals surface area contributed by atoms with Crippen molar-refractivity contribution in [1.82, 2.24) is 20.2 Å². The molecule has 0 saturated carbocycles. The Morgan fingerprint density at radius 3 is 2.74 bits per heavy atom. The molecule has 2 aliphatic rings. The van der Waals surface area contributed by atoms with Gasteiger partial charge in [-0.1, -0.05) is 0 Å². The first-order valence-electron chi connectivity index (χ1n) is 8.27. The topological polar surface area (TPSA) is 59.0 Å². The third kappa shape index (κ3) is 2.70. The first kappa shape index (κ1) is 14.9. The second kappa shape index (κ2) is 5.76. The van der Waals surface area contributed by atoms with Crippen molar-refractivity contribution >= 4 is 17.2 Å². The highest BCUT2D eigenvalue weighted by atomic mass is 32.1. The van der Waals surface area contributed by atoms with Crippen molar-refractivity contribution in [1.29, 1.82) is 0 Å². The van der Waals surface area contributed by atoms with Crippen LogP contribution in [-0.4, -0.2) is 33.6 Å². The van der Waals surface area contributed by atoms with Gasteiger partial charge in [0, 0.05) is 41.1 Å². The van der Waals surface area contributed by atoms with Crippen LogP contribution in [0.1, 0.15) is 47.4 Å². The van der Waals surface area contributed by atoms with E-state index in [1.165, 1.54) is 12.8 Å². The molecule has 2 atom stereocenters. The number of aryl methyl sites for hydroxylation is 1. The molecule has 0 spiro atoms. The first-order valence-corrected chi connectivity index (χ1v) is 9.15. The zero-order valence-electron chi connectivity index (χ0n) is 13.5. The zero-order valence-corrected chi connectivity index (χ0v) is 14.3. The van der Waals surface area contributed by atoms with E-state index in [4.69, 9.17) is 0 Å². The molecule has 122 valence electrons. The number of nitrogens with one attached hydrogen (secondary N) is 2. The van der Waals surface area contributed by atoms with E-state index in [1.807, 2.05) is 25.3 Å². The number of piperidine rings is 1. The van der Waals surface area contributed by atoms with E-state index in [0.29, 0.717) is 18.1 Å². The predicted molar refractivity (Wildman–Crippen MR) is 91.3 cm³/mol. The summed E-state index contributed by atoms with van der Waals surface area (Å²) in [7, 11) is 0. The molecule has 2 unspecified atom stereocenters. The summed E-state index contributed by atoms with van der Waals surface area (Å²) in [5.74, 6) is 0.0483. The highest BCUT2D eigenvalue weighted by Gasteiger charge is 2.34. The third-order valence-electron chi connectivity index (χ3n) is 5.09. The monoisotopic (exact) mass is 330 g/mol. The number of rotatable bonds is 3. The Bertz CT molecular complexity index is 709. The van der Waals surface area contributed by atoms with Crippen LogP contribution < -0.4 is 10.6 Å². The molecule has 23 heavy (non-hydrogen) atoms. The Balaban J connectivity index is 1.54. The van der Waals surface area contributed by atoms with Crippen molar-refractivity contribution in [3.63, 3.8) is 0 Å². The number of amides is 1. The summed E-state index contributed by atoms with van der Waals surface area (Å²) in [5, 5.41) is 9.74. The number of nitrogens with zero attached hydrogens (tertiary/aromatic N) is 2. The second-order valence-electron chi connectivity index (χ2n) is 6.71. The van der Waals surface area contributed by atoms with Gasteiger partial charge in [-0.15, -0.1) is 11.3 Å². The van der Waals surface area contributed by atoms with Gasteiger partial charge in [0.05, 0.1) is 5.56 Å². The zero-order chi connectivity index (χ0) is 16.0. The minimum atomic E-state index is 0.0483. The van der Waals surface area contributed by atoms with Gasteiger partial charge in [0.1, 0.15) is 0 Å². The highest BCUT2D eigenvalue weighted by Crippen LogP contribution is 2.27. The van der Waals surface area contributed by atoms with Gasteiger partial charge in [0.15, 0.2) is 5.13 Å². The van der Waals surface area contributed by atoms with E-state index in [0.717, 1.165) is 34.9 Å². The van der Waals surface area contributed by atoms with Crippen molar-refractivity contribution in [2.24, 2.45) is 0 Å². The number of fused-ring (bicyclic) bond motifs is 2. The van der Waals surface area contributed by atoms with E-state index in [-0.39, 0.29) is 5.91 Å². The van der Waals surface area contributed by atoms with Crippen LogP contribution in [0.3, 0.4) is 0 Å². The summed E-state index contributed by atoms with van der Waals surface area (Å²) >= 11 is 1.59. The molecule has 2 bridgehead atoms. The summed E-state index contributed by atoms with van der Waals surface area (Å²) in [6, 6.07) is 3.44. The lowest BCUT2D eigenvalue weighted by molar-refractivity contribution is 0.0923. The van der Waals surface area contributed by atoms with Gasteiger partial charge in [-0.25, -0.2) is 4.98 Å². The quantitative estimate of drug-likeness (QED) is 0.909. The maximum atomic E-state index is 12.7. The Hall–Kier alpha value is -1.66. The fourth-order valence-electron chi connectivity index (χ4n) is 4.05. The molecule has 4 rings (SSSR count). The molecule has 4 heterocycles. The van der Waals surface area contributed by atoms with Gasteiger partial charge in [-0.05, 0) is 45.6 Å². The summed E-state index contributed by atoms with van der Waals surface area (Å²) in [6.07, 6.45) is 6.38. The minimum absolute atomic E-state index is 0.0483. The molecule has 6 heteroatoms. The van der Waals surface area contributed by atoms with E-state index in [9.17, 15) is 4.79 Å². The molecule has 2 aromatic heterocycles. The molecule has 2 aliphatic heterocycles. The van der Waals surface area contributed by atoms with Crippen LogP contribution in [0.5, 0.6) is 0 Å². The standard InChI is InChI=1S/C17H22N4OS/c1-10-7-15(11(2)21(10)17-18-5-6-23-17)16(22)20-14-8-12-3-4-13(9-14)19-12/h5-7,12-14,19H,3-4,8-9H2,1-2H3,(H,20,22). The summed E-state index contributed by atoms with van der Waals surface area (Å²) in [6.45, 7) is 4.02. The average molecular weight is 330 g/mol. The Labute approximate surface area is 140 Å². The van der Waals surface area contributed by atoms with Gasteiger partial charge in [-0.2, -0.15) is 0 Å². The van der Waals surface area contributed by atoms with Gasteiger partial charge in [0.25, 0.3) is 5.91 Å². The maximum Gasteiger partial charge on any atom is 0.253 e. The van der Waals surface area contributed by atoms with Crippen LogP contribution >= 0.6 is 11.3 Å². The smallest absolute Gasteiger partial charge is 0.253 e. The Morgan fingerprint density at radius 1 is 1.35 bits per heavy atom. The van der Waals surface area contributed by atoms with Crippen LogP contribution in [0.25, 0.3) is 5.13 Å². The average Bonchev–Trinajstić information content (AvgIpc) is 3.20. The van der Waals surface area contributed by atoms with Crippen molar-refractivity contribution in [2.45, 2.75) is 57.7 Å². The van der Waals surface area contributed by atoms with Gasteiger partial charge in [-0.3, -0.25) is 9.36 Å². The lowest BCUT2D eigenvalue weighted by Crippen LogP contribution is -2.48. The molecule has 2 fully saturated rings. The number of carbonyl (C=O) groups is 1. The van der Waals surface area contributed by atoms with Crippen LogP contribution in [0.15, 0.2) is 17.6 Å². The molecular formula is C17H22N4OS. The number of carbonyl (C=O) groups excluding carboxylic acids is 1. The normalized spacial score (nSPS) is 26.4. The second-order valence-corrected chi connectivity index (χ2v) is 7.59. The van der Waals surface area contributed by atoms with Crippen LogP contribution in [-0.2, 0) is 0 Å². The van der Waals surface area contributed by atoms with E-state index in [1.54, 1.807) is 17.5 Å². The number of hydrogen-bond acceptors (Lipinski definition) is 4. The summed E-state index contributed by atoms with van der Waals surface area (Å²) in [4.78, 5) is 17.1. The lowest BCUT2D eigenvalue weighted by Gasteiger charge is -2.29. The molecule has 2 aromatic rings. The van der Waals surface area contributed by atoms with E-state index >= 15 is 0 Å². The number of thiazole rings is 1. The number of aromatic nitrogens is 2. The molecule has 1 amide bonds. The number of hydrogen-bond donors (Lipinski definition) is 2. The van der Waals surface area contributed by atoms with Gasteiger partial charge >= 0.3 is 0 Å². The van der Waals surface area contributed by atoms with Gasteiger partial charge < -0.3 is 10.6 Å². The van der Waals surface area contributed by atoms with Crippen molar-refractivity contribution in [3.05, 3.63) is 34.6 Å². The van der Waals surface area contributed by atoms with Crippen LogP contribution in [0.4, 0.5) is 0 Å². The van der Waals surface area contributed by atoms with Crippen molar-refractivity contribution in [3.8, 4) is 5.13 Å². The third-order valence-corrected chi connectivity index (χ3v) is 5.85. The largest absolute Gasteiger partial charge is 0.349 e. The predicted octanol–water partition coefficient (Wildman–Crippen LogP) is 2.56. The minimum Gasteiger partial charge on any atom is -0.349 e. The molecule has 2 N–H and O–H groups in total. The van der Waals surface area contributed by atoms with Gasteiger partial charge in [0.2, 0.25) is 0 Å².